The fourth-order valence-electron chi connectivity index (χ4n) is 3.07. The van der Waals surface area contributed by atoms with Gasteiger partial charge in [-0.05, 0) is 43.2 Å². The van der Waals surface area contributed by atoms with Gasteiger partial charge >= 0.3 is 0 Å². The Bertz CT molecular complexity index is 490. The molecule has 0 spiro atoms. The van der Waals surface area contributed by atoms with Crippen LogP contribution >= 0.6 is 0 Å². The minimum absolute atomic E-state index is 0.222. The van der Waals surface area contributed by atoms with Gasteiger partial charge in [0, 0.05) is 11.8 Å². The van der Waals surface area contributed by atoms with Crippen molar-refractivity contribution in [1.29, 1.82) is 5.26 Å². The van der Waals surface area contributed by atoms with Crippen molar-refractivity contribution in [2.24, 2.45) is 5.41 Å². The van der Waals surface area contributed by atoms with Gasteiger partial charge in [-0.15, -0.1) is 0 Å². The molecule has 1 unspecified atom stereocenters. The molecular formula is C16H22N2O. The highest BCUT2D eigenvalue weighted by Gasteiger charge is 2.40. The second kappa shape index (κ2) is 5.13. The molecule has 0 radical (unpaired) electrons. The van der Waals surface area contributed by atoms with Crippen LogP contribution in [-0.4, -0.2) is 12.6 Å². The Morgan fingerprint density at radius 2 is 2.11 bits per heavy atom. The fraction of sp³-hybridized carbons (Fsp3) is 0.562. The summed E-state index contributed by atoms with van der Waals surface area (Å²) in [7, 11) is 1.66. The normalized spacial score (nSPS) is 25.4. The highest BCUT2D eigenvalue weighted by molar-refractivity contribution is 5.52. The summed E-state index contributed by atoms with van der Waals surface area (Å²) in [6, 6.07) is 10.3. The number of hydrogen-bond acceptors (Lipinski definition) is 3. The van der Waals surface area contributed by atoms with Crippen LogP contribution in [0.3, 0.4) is 0 Å². The molecule has 1 aliphatic carbocycles. The molecule has 0 amide bonds. The van der Waals surface area contributed by atoms with Crippen LogP contribution in [0.25, 0.3) is 0 Å². The van der Waals surface area contributed by atoms with Crippen molar-refractivity contribution < 1.29 is 4.74 Å². The zero-order chi connectivity index (χ0) is 13.9. The van der Waals surface area contributed by atoms with Gasteiger partial charge in [0.25, 0.3) is 0 Å². The molecule has 1 saturated carbocycles. The van der Waals surface area contributed by atoms with Gasteiger partial charge in [-0.1, -0.05) is 19.9 Å². The fourth-order valence-corrected chi connectivity index (χ4v) is 3.07. The van der Waals surface area contributed by atoms with Crippen LogP contribution in [0, 0.1) is 16.7 Å². The van der Waals surface area contributed by atoms with Crippen molar-refractivity contribution in [3.05, 3.63) is 24.3 Å². The van der Waals surface area contributed by atoms with Crippen LogP contribution in [0.5, 0.6) is 5.75 Å². The van der Waals surface area contributed by atoms with Gasteiger partial charge in [-0.2, -0.15) is 5.26 Å². The average Bonchev–Trinajstić information content (AvgIpc) is 2.38. The highest BCUT2D eigenvalue weighted by atomic mass is 16.5. The zero-order valence-corrected chi connectivity index (χ0v) is 12.0. The smallest absolute Gasteiger partial charge is 0.125 e. The lowest BCUT2D eigenvalue weighted by Crippen LogP contribution is -2.44. The number of ether oxygens (including phenoxy) is 1. The van der Waals surface area contributed by atoms with Crippen molar-refractivity contribution in [2.45, 2.75) is 45.1 Å². The van der Waals surface area contributed by atoms with Crippen molar-refractivity contribution >= 4 is 5.69 Å². The Morgan fingerprint density at radius 1 is 1.32 bits per heavy atom. The minimum atomic E-state index is -0.450. The van der Waals surface area contributed by atoms with E-state index >= 15 is 0 Å². The predicted molar refractivity (Wildman–Crippen MR) is 77.2 cm³/mol. The first-order chi connectivity index (χ1) is 8.99. The largest absolute Gasteiger partial charge is 0.497 e. The monoisotopic (exact) mass is 258 g/mol. The SMILES string of the molecule is COc1cccc(NC2(C#N)CCCC(C)(C)C2)c1. The number of nitrogens with one attached hydrogen (secondary N) is 1. The van der Waals surface area contributed by atoms with Gasteiger partial charge in [0.2, 0.25) is 0 Å². The Hall–Kier alpha value is -1.69. The molecule has 0 heterocycles. The van der Waals surface area contributed by atoms with Gasteiger partial charge < -0.3 is 10.1 Å². The minimum Gasteiger partial charge on any atom is -0.497 e. The third kappa shape index (κ3) is 3.20. The van der Waals surface area contributed by atoms with Crippen LogP contribution in [0.15, 0.2) is 24.3 Å². The summed E-state index contributed by atoms with van der Waals surface area (Å²) in [5.74, 6) is 0.813. The van der Waals surface area contributed by atoms with E-state index in [1.54, 1.807) is 7.11 Å². The number of rotatable bonds is 3. The number of hydrogen-bond donors (Lipinski definition) is 1. The first-order valence-electron chi connectivity index (χ1n) is 6.82. The maximum atomic E-state index is 9.62. The Balaban J connectivity index is 2.21. The molecule has 19 heavy (non-hydrogen) atoms. The number of anilines is 1. The van der Waals surface area contributed by atoms with Gasteiger partial charge in [-0.25, -0.2) is 0 Å². The zero-order valence-electron chi connectivity index (χ0n) is 12.0. The molecule has 1 N–H and O–H groups in total. The van der Waals surface area contributed by atoms with Crippen molar-refractivity contribution in [3.8, 4) is 11.8 Å². The van der Waals surface area contributed by atoms with E-state index in [1.165, 1.54) is 6.42 Å². The Kier molecular flexibility index (Phi) is 3.71. The van der Waals surface area contributed by atoms with E-state index in [0.717, 1.165) is 30.7 Å². The molecule has 1 fully saturated rings. The Morgan fingerprint density at radius 3 is 2.74 bits per heavy atom. The van der Waals surface area contributed by atoms with E-state index in [4.69, 9.17) is 4.74 Å². The van der Waals surface area contributed by atoms with Crippen LogP contribution in [-0.2, 0) is 0 Å². The summed E-state index contributed by atoms with van der Waals surface area (Å²) in [5, 5.41) is 13.1. The summed E-state index contributed by atoms with van der Waals surface area (Å²) >= 11 is 0. The van der Waals surface area contributed by atoms with Crippen molar-refractivity contribution in [2.75, 3.05) is 12.4 Å². The summed E-state index contributed by atoms with van der Waals surface area (Å²) in [5.41, 5.74) is 0.729. The van der Waals surface area contributed by atoms with Crippen LogP contribution < -0.4 is 10.1 Å². The number of nitriles is 1. The highest BCUT2D eigenvalue weighted by Crippen LogP contribution is 2.42. The molecule has 1 aromatic carbocycles. The summed E-state index contributed by atoms with van der Waals surface area (Å²) < 4.78 is 5.23. The van der Waals surface area contributed by atoms with Crippen LogP contribution in [0.2, 0.25) is 0 Å². The summed E-state index contributed by atoms with van der Waals surface area (Å²) in [6.07, 6.45) is 4.07. The summed E-state index contributed by atoms with van der Waals surface area (Å²) in [4.78, 5) is 0. The molecule has 0 aliphatic heterocycles. The second-order valence-electron chi connectivity index (χ2n) is 6.25. The van der Waals surface area contributed by atoms with Gasteiger partial charge in [-0.3, -0.25) is 0 Å². The van der Waals surface area contributed by atoms with E-state index in [9.17, 15) is 5.26 Å². The van der Waals surface area contributed by atoms with Crippen LogP contribution in [0.4, 0.5) is 5.69 Å². The molecule has 2 rings (SSSR count). The van der Waals surface area contributed by atoms with E-state index in [-0.39, 0.29) is 5.41 Å². The van der Waals surface area contributed by atoms with Crippen LogP contribution in [0.1, 0.15) is 39.5 Å². The molecule has 102 valence electrons. The third-order valence-corrected chi connectivity index (χ3v) is 3.90. The number of benzene rings is 1. The topological polar surface area (TPSA) is 45.0 Å². The standard InChI is InChI=1S/C16H22N2O/c1-15(2)8-5-9-16(11-15,12-17)18-13-6-4-7-14(10-13)19-3/h4,6-7,10,18H,5,8-9,11H2,1-3H3. The lowest BCUT2D eigenvalue weighted by molar-refractivity contribution is 0.197. The molecule has 3 nitrogen and oxygen atoms in total. The van der Waals surface area contributed by atoms with Gasteiger partial charge in [0.15, 0.2) is 0 Å². The van der Waals surface area contributed by atoms with E-state index < -0.39 is 5.54 Å². The van der Waals surface area contributed by atoms with E-state index in [1.807, 2.05) is 24.3 Å². The maximum absolute atomic E-state index is 9.62. The van der Waals surface area contributed by atoms with Crippen molar-refractivity contribution in [1.82, 2.24) is 0 Å². The first kappa shape index (κ1) is 13.7. The Labute approximate surface area is 115 Å². The molecule has 1 aliphatic rings. The molecule has 0 bridgehead atoms. The second-order valence-corrected chi connectivity index (χ2v) is 6.25. The number of methoxy groups -OCH3 is 1. The average molecular weight is 258 g/mol. The molecular weight excluding hydrogens is 236 g/mol. The van der Waals surface area contributed by atoms with E-state index in [2.05, 4.69) is 25.2 Å². The van der Waals surface area contributed by atoms with Crippen molar-refractivity contribution in [3.63, 3.8) is 0 Å². The third-order valence-electron chi connectivity index (χ3n) is 3.90. The first-order valence-corrected chi connectivity index (χ1v) is 6.82. The molecule has 1 atom stereocenters. The molecule has 1 aromatic rings. The van der Waals surface area contributed by atoms with Gasteiger partial charge in [0.1, 0.15) is 11.3 Å². The van der Waals surface area contributed by atoms with E-state index in [0.29, 0.717) is 0 Å². The van der Waals surface area contributed by atoms with Gasteiger partial charge in [0.05, 0.1) is 13.2 Å². The predicted octanol–water partition coefficient (Wildman–Crippen LogP) is 3.97. The number of nitrogens with zero attached hydrogens (tertiary/aromatic N) is 1. The maximum Gasteiger partial charge on any atom is 0.125 e. The molecule has 0 aromatic heterocycles. The lowest BCUT2D eigenvalue weighted by atomic mass is 9.68. The molecule has 3 heteroatoms. The lowest BCUT2D eigenvalue weighted by Gasteiger charge is -2.41. The quantitative estimate of drug-likeness (QED) is 0.892. The molecule has 0 saturated heterocycles. The summed E-state index contributed by atoms with van der Waals surface area (Å²) in [6.45, 7) is 4.48.